The number of rotatable bonds is 1. The first-order valence-corrected chi connectivity index (χ1v) is 3.65. The lowest BCUT2D eigenvalue weighted by molar-refractivity contribution is 0.1000. The van der Waals surface area contributed by atoms with E-state index in [0.717, 1.165) is 0 Å². The van der Waals surface area contributed by atoms with Crippen molar-refractivity contribution < 1.29 is 9.18 Å². The lowest BCUT2D eigenvalue weighted by atomic mass is 10.2. The van der Waals surface area contributed by atoms with E-state index in [1.165, 1.54) is 18.2 Å². The van der Waals surface area contributed by atoms with Gasteiger partial charge in [0, 0.05) is 5.56 Å². The average Bonchev–Trinajstić information content (AvgIpc) is 1.94. The van der Waals surface area contributed by atoms with Crippen LogP contribution in [-0.4, -0.2) is 5.91 Å². The molecule has 1 amide bonds. The molecule has 0 aromatic heterocycles. The predicted molar refractivity (Wildman–Crippen MR) is 42.6 cm³/mol. The van der Waals surface area contributed by atoms with Gasteiger partial charge in [-0.2, -0.15) is 0 Å². The van der Waals surface area contributed by atoms with E-state index in [1.54, 1.807) is 0 Å². The Bertz CT molecular complexity index is 300. The molecule has 0 spiro atoms. The molecule has 0 unspecified atom stereocenters. The first kappa shape index (κ1) is 8.20. The van der Waals surface area contributed by atoms with Crippen molar-refractivity contribution in [1.82, 2.24) is 0 Å². The minimum Gasteiger partial charge on any atom is -0.366 e. The fourth-order valence-corrected chi connectivity index (χ4v) is 1.03. The van der Waals surface area contributed by atoms with Crippen LogP contribution in [0, 0.1) is 5.82 Å². The lowest BCUT2D eigenvalue weighted by Crippen LogP contribution is -2.10. The number of halogens is 2. The molecule has 1 rings (SSSR count). The van der Waals surface area contributed by atoms with Gasteiger partial charge >= 0.3 is 0 Å². The third-order valence-corrected chi connectivity index (χ3v) is 1.81. The fraction of sp³-hybridized carbons (Fsp3) is 0. The maximum Gasteiger partial charge on any atom is 0.248 e. The molecule has 2 nitrogen and oxygen atoms in total. The fourth-order valence-electron chi connectivity index (χ4n) is 0.649. The summed E-state index contributed by atoms with van der Waals surface area (Å²) in [7, 11) is 0. The lowest BCUT2D eigenvalue weighted by Gasteiger charge is -1.96. The normalized spacial score (nSPS) is 9.64. The highest BCUT2D eigenvalue weighted by Crippen LogP contribution is 2.16. The zero-order chi connectivity index (χ0) is 8.43. The summed E-state index contributed by atoms with van der Waals surface area (Å²) < 4.78 is 12.8. The molecule has 0 bridgehead atoms. The number of amides is 1. The number of benzene rings is 1. The maximum absolute atomic E-state index is 12.6. The van der Waals surface area contributed by atoms with Gasteiger partial charge in [-0.25, -0.2) is 4.39 Å². The molecule has 1 aromatic carbocycles. The van der Waals surface area contributed by atoms with Gasteiger partial charge in [0.25, 0.3) is 0 Å². The Hall–Kier alpha value is -0.900. The van der Waals surface area contributed by atoms with Crippen molar-refractivity contribution >= 4 is 21.8 Å². The molecule has 2 N–H and O–H groups in total. The molecule has 0 saturated heterocycles. The minimum atomic E-state index is -0.564. The topological polar surface area (TPSA) is 43.1 Å². The predicted octanol–water partition coefficient (Wildman–Crippen LogP) is 1.69. The monoisotopic (exact) mass is 217 g/mol. The second kappa shape index (κ2) is 3.00. The van der Waals surface area contributed by atoms with Crippen LogP contribution < -0.4 is 5.73 Å². The van der Waals surface area contributed by atoms with Crippen LogP contribution in [-0.2, 0) is 0 Å². The summed E-state index contributed by atoms with van der Waals surface area (Å²) >= 11 is 2.93. The number of carbonyl (C=O) groups excluding carboxylic acids is 1. The van der Waals surface area contributed by atoms with Gasteiger partial charge in [-0.15, -0.1) is 0 Å². The van der Waals surface area contributed by atoms with Gasteiger partial charge in [-0.1, -0.05) is 0 Å². The second-order valence-corrected chi connectivity index (χ2v) is 2.85. The van der Waals surface area contributed by atoms with Crippen molar-refractivity contribution in [3.8, 4) is 0 Å². The summed E-state index contributed by atoms with van der Waals surface area (Å²) in [4.78, 5) is 10.5. The summed E-state index contributed by atoms with van der Waals surface area (Å²) in [6.45, 7) is 0. The van der Waals surface area contributed by atoms with E-state index in [1.807, 2.05) is 0 Å². The molecule has 4 heteroatoms. The Morgan fingerprint density at radius 1 is 1.55 bits per heavy atom. The molecule has 0 aliphatic rings. The molecule has 0 aliphatic heterocycles. The second-order valence-electron chi connectivity index (χ2n) is 1.99. The number of hydrogen-bond donors (Lipinski definition) is 1. The summed E-state index contributed by atoms with van der Waals surface area (Å²) in [6, 6.07) is 3.87. The Kier molecular flexibility index (Phi) is 2.24. The Morgan fingerprint density at radius 3 is 2.64 bits per heavy atom. The van der Waals surface area contributed by atoms with Gasteiger partial charge in [0.05, 0.1) is 4.47 Å². The van der Waals surface area contributed by atoms with Crippen molar-refractivity contribution in [2.45, 2.75) is 0 Å². The van der Waals surface area contributed by atoms with Crippen molar-refractivity contribution in [2.75, 3.05) is 0 Å². The molecule has 0 aliphatic carbocycles. The number of primary amides is 1. The van der Waals surface area contributed by atoms with E-state index >= 15 is 0 Å². The van der Waals surface area contributed by atoms with Gasteiger partial charge in [0.15, 0.2) is 0 Å². The van der Waals surface area contributed by atoms with Crippen LogP contribution in [0.2, 0.25) is 0 Å². The molecule has 0 saturated carbocycles. The highest BCUT2D eigenvalue weighted by atomic mass is 79.9. The molecule has 11 heavy (non-hydrogen) atoms. The van der Waals surface area contributed by atoms with Crippen molar-refractivity contribution in [2.24, 2.45) is 5.73 Å². The Morgan fingerprint density at radius 2 is 2.18 bits per heavy atom. The zero-order valence-electron chi connectivity index (χ0n) is 5.47. The van der Waals surface area contributed by atoms with Crippen molar-refractivity contribution in [3.63, 3.8) is 0 Å². The average molecular weight is 218 g/mol. The molecule has 0 heterocycles. The van der Waals surface area contributed by atoms with E-state index in [4.69, 9.17) is 5.73 Å². The van der Waals surface area contributed by atoms with Crippen LogP contribution in [0.4, 0.5) is 4.39 Å². The third-order valence-electron chi connectivity index (χ3n) is 1.20. The SMILES string of the molecule is NC(=O)c1ccc(F)c(Br)c1. The van der Waals surface area contributed by atoms with Gasteiger partial charge < -0.3 is 5.73 Å². The maximum atomic E-state index is 12.6. The van der Waals surface area contributed by atoms with Crippen LogP contribution in [0.15, 0.2) is 22.7 Å². The van der Waals surface area contributed by atoms with E-state index in [-0.39, 0.29) is 4.47 Å². The third kappa shape index (κ3) is 1.77. The van der Waals surface area contributed by atoms with Crippen LogP contribution >= 0.6 is 15.9 Å². The standard InChI is InChI=1S/C7H5BrFNO/c8-5-3-4(7(10)11)1-2-6(5)9/h1-3H,(H2,10,11). The summed E-state index contributed by atoms with van der Waals surface area (Å²) in [5.74, 6) is -0.972. The van der Waals surface area contributed by atoms with Gasteiger partial charge in [-0.3, -0.25) is 4.79 Å². The van der Waals surface area contributed by atoms with Gasteiger partial charge in [0.2, 0.25) is 5.91 Å². The van der Waals surface area contributed by atoms with Crippen molar-refractivity contribution in [3.05, 3.63) is 34.1 Å². The molecule has 58 valence electrons. The largest absolute Gasteiger partial charge is 0.366 e. The Labute approximate surface area is 71.3 Å². The highest BCUT2D eigenvalue weighted by molar-refractivity contribution is 9.10. The Balaban J connectivity index is 3.15. The molecule has 0 atom stereocenters. The van der Waals surface area contributed by atoms with Gasteiger partial charge in [0.1, 0.15) is 5.82 Å². The van der Waals surface area contributed by atoms with E-state index < -0.39 is 11.7 Å². The molecule has 1 aromatic rings. The van der Waals surface area contributed by atoms with E-state index in [9.17, 15) is 9.18 Å². The van der Waals surface area contributed by atoms with Crippen LogP contribution in [0.25, 0.3) is 0 Å². The first-order chi connectivity index (χ1) is 5.11. The molecule has 0 radical (unpaired) electrons. The van der Waals surface area contributed by atoms with Crippen molar-refractivity contribution in [1.29, 1.82) is 0 Å². The van der Waals surface area contributed by atoms with Crippen LogP contribution in [0.3, 0.4) is 0 Å². The van der Waals surface area contributed by atoms with Crippen LogP contribution in [0.1, 0.15) is 10.4 Å². The number of carbonyl (C=O) groups is 1. The first-order valence-electron chi connectivity index (χ1n) is 2.86. The summed E-state index contributed by atoms with van der Waals surface area (Å²) in [6.07, 6.45) is 0. The smallest absolute Gasteiger partial charge is 0.248 e. The van der Waals surface area contributed by atoms with Crippen LogP contribution in [0.5, 0.6) is 0 Å². The summed E-state index contributed by atoms with van der Waals surface area (Å²) in [5.41, 5.74) is 5.24. The quantitative estimate of drug-likeness (QED) is 0.765. The summed E-state index contributed by atoms with van der Waals surface area (Å²) in [5, 5.41) is 0. The zero-order valence-corrected chi connectivity index (χ0v) is 7.06. The number of nitrogens with two attached hydrogens (primary N) is 1. The molecular weight excluding hydrogens is 213 g/mol. The highest BCUT2D eigenvalue weighted by Gasteiger charge is 2.03. The molecular formula is C7H5BrFNO. The van der Waals surface area contributed by atoms with E-state index in [2.05, 4.69) is 15.9 Å². The molecule has 0 fully saturated rings. The van der Waals surface area contributed by atoms with E-state index in [0.29, 0.717) is 5.56 Å². The van der Waals surface area contributed by atoms with Gasteiger partial charge in [-0.05, 0) is 34.1 Å². The minimum absolute atomic E-state index is 0.244. The number of hydrogen-bond acceptors (Lipinski definition) is 1.